The molecule has 0 saturated carbocycles. The van der Waals surface area contributed by atoms with E-state index in [2.05, 4.69) is 0 Å². The summed E-state index contributed by atoms with van der Waals surface area (Å²) in [7, 11) is 0. The third kappa shape index (κ3) is 2.48. The van der Waals surface area contributed by atoms with Gasteiger partial charge < -0.3 is 5.73 Å². The molecule has 2 rings (SSSR count). The summed E-state index contributed by atoms with van der Waals surface area (Å²) in [6.07, 6.45) is 0. The van der Waals surface area contributed by atoms with Crippen LogP contribution in [0, 0.1) is 0 Å². The summed E-state index contributed by atoms with van der Waals surface area (Å²) in [5.41, 5.74) is 7.67. The summed E-state index contributed by atoms with van der Waals surface area (Å²) in [5.74, 6) is 0. The van der Waals surface area contributed by atoms with E-state index in [9.17, 15) is 0 Å². The quantitative estimate of drug-likeness (QED) is 0.542. The lowest BCUT2D eigenvalue weighted by molar-refractivity contribution is 1.61. The van der Waals surface area contributed by atoms with Crippen LogP contribution in [-0.2, 0) is 0 Å². The molecule has 2 aromatic carbocycles. The van der Waals surface area contributed by atoms with Gasteiger partial charge in [0.1, 0.15) is 0 Å². The second-order valence-electron chi connectivity index (χ2n) is 3.45. The first-order valence-electron chi connectivity index (χ1n) is 4.69. The molecular weight excluding hydrogens is 300 g/mol. The van der Waals surface area contributed by atoms with Gasteiger partial charge in [-0.05, 0) is 18.2 Å². The Kier molecular flexibility index (Phi) is 3.74. The Bertz CT molecular complexity index is 581. The zero-order valence-corrected chi connectivity index (χ0v) is 11.5. The van der Waals surface area contributed by atoms with Crippen LogP contribution in [0.3, 0.4) is 0 Å². The van der Waals surface area contributed by atoms with Gasteiger partial charge in [0.2, 0.25) is 0 Å². The number of rotatable bonds is 1. The summed E-state index contributed by atoms with van der Waals surface area (Å²) in [6, 6.07) is 8.60. The lowest BCUT2D eigenvalue weighted by Gasteiger charge is -2.10. The topological polar surface area (TPSA) is 26.0 Å². The van der Waals surface area contributed by atoms with Gasteiger partial charge in [-0.15, -0.1) is 0 Å². The normalized spacial score (nSPS) is 10.6. The van der Waals surface area contributed by atoms with Crippen LogP contribution < -0.4 is 5.73 Å². The largest absolute Gasteiger partial charge is 0.398 e. The number of benzene rings is 2. The van der Waals surface area contributed by atoms with Crippen LogP contribution in [0.5, 0.6) is 0 Å². The van der Waals surface area contributed by atoms with E-state index in [1.165, 1.54) is 0 Å². The highest BCUT2D eigenvalue weighted by atomic mass is 35.5. The van der Waals surface area contributed by atoms with Gasteiger partial charge in [0.05, 0.1) is 25.8 Å². The number of nitrogens with two attached hydrogens (primary N) is 1. The molecule has 17 heavy (non-hydrogen) atoms. The van der Waals surface area contributed by atoms with Crippen molar-refractivity contribution in [2.75, 3.05) is 5.73 Å². The van der Waals surface area contributed by atoms with Gasteiger partial charge in [0, 0.05) is 11.1 Å². The van der Waals surface area contributed by atoms with E-state index in [0.717, 1.165) is 5.56 Å². The third-order valence-corrected chi connectivity index (χ3v) is 3.79. The van der Waals surface area contributed by atoms with Crippen LogP contribution in [0.4, 0.5) is 5.69 Å². The van der Waals surface area contributed by atoms with Gasteiger partial charge in [-0.3, -0.25) is 0 Å². The molecule has 0 aliphatic rings. The molecule has 0 aromatic heterocycles. The Balaban J connectivity index is 2.69. The lowest BCUT2D eigenvalue weighted by atomic mass is 10.0. The van der Waals surface area contributed by atoms with Crippen molar-refractivity contribution in [3.05, 3.63) is 50.4 Å². The van der Waals surface area contributed by atoms with Crippen molar-refractivity contribution in [3.8, 4) is 11.1 Å². The van der Waals surface area contributed by atoms with E-state index in [0.29, 0.717) is 31.3 Å². The van der Waals surface area contributed by atoms with Crippen LogP contribution in [-0.4, -0.2) is 0 Å². The zero-order chi connectivity index (χ0) is 12.6. The predicted octanol–water partition coefficient (Wildman–Crippen LogP) is 5.55. The van der Waals surface area contributed by atoms with Crippen molar-refractivity contribution in [2.45, 2.75) is 0 Å². The number of nitrogen functional groups attached to an aromatic ring is 1. The molecule has 5 heteroatoms. The van der Waals surface area contributed by atoms with Crippen LogP contribution >= 0.6 is 46.4 Å². The van der Waals surface area contributed by atoms with Gasteiger partial charge >= 0.3 is 0 Å². The molecule has 0 unspecified atom stereocenters. The summed E-state index contributed by atoms with van der Waals surface area (Å²) in [6.45, 7) is 0. The average molecular weight is 307 g/mol. The Labute approximate surface area is 119 Å². The second-order valence-corrected chi connectivity index (χ2v) is 5.05. The van der Waals surface area contributed by atoms with Crippen molar-refractivity contribution >= 4 is 52.1 Å². The van der Waals surface area contributed by atoms with Crippen LogP contribution in [0.15, 0.2) is 30.3 Å². The van der Waals surface area contributed by atoms with E-state index in [1.54, 1.807) is 24.3 Å². The van der Waals surface area contributed by atoms with Gasteiger partial charge in [0.25, 0.3) is 0 Å². The molecule has 0 saturated heterocycles. The van der Waals surface area contributed by atoms with Crippen LogP contribution in [0.1, 0.15) is 0 Å². The highest BCUT2D eigenvalue weighted by molar-refractivity contribution is 6.44. The van der Waals surface area contributed by atoms with E-state index in [-0.39, 0.29) is 0 Å². The Morgan fingerprint density at radius 2 is 1.41 bits per heavy atom. The maximum Gasteiger partial charge on any atom is 0.0714 e. The van der Waals surface area contributed by atoms with Gasteiger partial charge in [-0.2, -0.15) is 0 Å². The molecule has 0 atom stereocenters. The standard InChI is InChI=1S/C12H7Cl4N/c13-8-5-10(15)9(14)4-7(8)6-2-1-3-11(17)12(6)16/h1-5H,17H2. The van der Waals surface area contributed by atoms with Crippen molar-refractivity contribution in [2.24, 2.45) is 0 Å². The van der Waals surface area contributed by atoms with E-state index in [4.69, 9.17) is 52.1 Å². The van der Waals surface area contributed by atoms with Gasteiger partial charge in [0.15, 0.2) is 0 Å². The molecule has 0 bridgehead atoms. The Hall–Kier alpha value is -0.600. The highest BCUT2D eigenvalue weighted by Gasteiger charge is 2.12. The Morgan fingerprint density at radius 1 is 0.765 bits per heavy atom. The first-order chi connectivity index (χ1) is 8.00. The number of hydrogen-bond donors (Lipinski definition) is 1. The summed E-state index contributed by atoms with van der Waals surface area (Å²) in [5, 5.41) is 1.75. The first-order valence-corrected chi connectivity index (χ1v) is 6.21. The monoisotopic (exact) mass is 305 g/mol. The minimum atomic E-state index is 0.403. The van der Waals surface area contributed by atoms with E-state index in [1.807, 2.05) is 6.07 Å². The molecule has 0 fully saturated rings. The molecule has 0 aliphatic carbocycles. The predicted molar refractivity (Wildman–Crippen MR) is 76.3 cm³/mol. The molecular formula is C12H7Cl4N. The zero-order valence-electron chi connectivity index (χ0n) is 8.48. The fourth-order valence-corrected chi connectivity index (χ4v) is 2.36. The summed E-state index contributed by atoms with van der Waals surface area (Å²) in [4.78, 5) is 0. The number of halogens is 4. The SMILES string of the molecule is Nc1cccc(-c2cc(Cl)c(Cl)cc2Cl)c1Cl. The summed E-state index contributed by atoms with van der Waals surface area (Å²) >= 11 is 24.1. The second kappa shape index (κ2) is 4.95. The molecule has 88 valence electrons. The van der Waals surface area contributed by atoms with Gasteiger partial charge in [-0.1, -0.05) is 58.5 Å². The molecule has 2 N–H and O–H groups in total. The van der Waals surface area contributed by atoms with Crippen LogP contribution in [0.25, 0.3) is 11.1 Å². The fraction of sp³-hybridized carbons (Fsp3) is 0. The summed E-state index contributed by atoms with van der Waals surface area (Å²) < 4.78 is 0. The maximum atomic E-state index is 6.13. The average Bonchev–Trinajstić information content (AvgIpc) is 2.28. The van der Waals surface area contributed by atoms with Crippen molar-refractivity contribution in [1.82, 2.24) is 0 Å². The molecule has 0 aliphatic heterocycles. The lowest BCUT2D eigenvalue weighted by Crippen LogP contribution is -1.89. The number of anilines is 1. The molecule has 2 aromatic rings. The molecule has 1 nitrogen and oxygen atoms in total. The smallest absolute Gasteiger partial charge is 0.0714 e. The van der Waals surface area contributed by atoms with Crippen LogP contribution in [0.2, 0.25) is 20.1 Å². The van der Waals surface area contributed by atoms with Crippen molar-refractivity contribution in [3.63, 3.8) is 0 Å². The highest BCUT2D eigenvalue weighted by Crippen LogP contribution is 2.39. The van der Waals surface area contributed by atoms with Crippen molar-refractivity contribution < 1.29 is 0 Å². The number of hydrogen-bond acceptors (Lipinski definition) is 1. The maximum absolute atomic E-state index is 6.13. The molecule has 0 heterocycles. The minimum absolute atomic E-state index is 0.403. The Morgan fingerprint density at radius 3 is 2.12 bits per heavy atom. The molecule has 0 spiro atoms. The minimum Gasteiger partial charge on any atom is -0.398 e. The first kappa shape index (κ1) is 12.8. The molecule has 0 radical (unpaired) electrons. The molecule has 0 amide bonds. The third-order valence-electron chi connectivity index (χ3n) is 2.33. The van der Waals surface area contributed by atoms with Gasteiger partial charge in [-0.25, -0.2) is 0 Å². The van der Waals surface area contributed by atoms with E-state index >= 15 is 0 Å². The van der Waals surface area contributed by atoms with E-state index < -0.39 is 0 Å². The fourth-order valence-electron chi connectivity index (χ4n) is 1.49. The van der Waals surface area contributed by atoms with Crippen molar-refractivity contribution in [1.29, 1.82) is 0 Å².